The zero-order valence-electron chi connectivity index (χ0n) is 14.0. The highest BCUT2D eigenvalue weighted by atomic mass is 79.9. The van der Waals surface area contributed by atoms with Crippen LogP contribution in [0.5, 0.6) is 0 Å². The fourth-order valence-corrected chi connectivity index (χ4v) is 4.46. The standard InChI is InChI=1S/C18H19BrF2N2O2S/c19-16-5-4-15(26-16)14(24)6-7-22-8-10-23(11-9-22)18(25)17-12(20)2-1-3-13(17)21/h1-5,12,17H,6-11H2. The minimum absolute atomic E-state index is 0.0979. The lowest BCUT2D eigenvalue weighted by Crippen LogP contribution is -2.51. The predicted octanol–water partition coefficient (Wildman–Crippen LogP) is 3.61. The van der Waals surface area contributed by atoms with Gasteiger partial charge in [0.05, 0.1) is 8.66 Å². The maximum Gasteiger partial charge on any atom is 0.235 e. The van der Waals surface area contributed by atoms with Gasteiger partial charge in [0, 0.05) is 39.1 Å². The van der Waals surface area contributed by atoms with Gasteiger partial charge in [-0.1, -0.05) is 6.08 Å². The molecule has 2 unspecified atom stereocenters. The molecule has 0 spiro atoms. The molecule has 2 atom stereocenters. The number of ketones is 1. The molecule has 4 nitrogen and oxygen atoms in total. The molecule has 1 amide bonds. The van der Waals surface area contributed by atoms with E-state index in [9.17, 15) is 18.4 Å². The lowest BCUT2D eigenvalue weighted by molar-refractivity contribution is -0.138. The van der Waals surface area contributed by atoms with Crippen LogP contribution in [-0.2, 0) is 4.79 Å². The number of thiophene rings is 1. The Bertz CT molecular complexity index is 741. The van der Waals surface area contributed by atoms with Gasteiger partial charge in [-0.2, -0.15) is 0 Å². The van der Waals surface area contributed by atoms with Crippen LogP contribution in [0, 0.1) is 5.92 Å². The average molecular weight is 445 g/mol. The van der Waals surface area contributed by atoms with Gasteiger partial charge in [-0.15, -0.1) is 11.3 Å². The van der Waals surface area contributed by atoms with Crippen LogP contribution in [0.25, 0.3) is 0 Å². The second-order valence-electron chi connectivity index (χ2n) is 6.30. The van der Waals surface area contributed by atoms with Gasteiger partial charge >= 0.3 is 0 Å². The number of amides is 1. The van der Waals surface area contributed by atoms with Crippen molar-refractivity contribution in [1.82, 2.24) is 9.80 Å². The van der Waals surface area contributed by atoms with E-state index in [0.29, 0.717) is 39.1 Å². The maximum absolute atomic E-state index is 13.9. The molecule has 0 bridgehead atoms. The number of hydrogen-bond acceptors (Lipinski definition) is 4. The molecular weight excluding hydrogens is 426 g/mol. The number of hydrogen-bond donors (Lipinski definition) is 0. The van der Waals surface area contributed by atoms with Crippen LogP contribution < -0.4 is 0 Å². The minimum atomic E-state index is -1.62. The number of alkyl halides is 1. The van der Waals surface area contributed by atoms with E-state index in [1.54, 1.807) is 0 Å². The lowest BCUT2D eigenvalue weighted by Gasteiger charge is -2.36. The predicted molar refractivity (Wildman–Crippen MR) is 101 cm³/mol. The van der Waals surface area contributed by atoms with Gasteiger partial charge in [0.15, 0.2) is 5.78 Å². The molecule has 2 heterocycles. The van der Waals surface area contributed by atoms with E-state index in [0.717, 1.165) is 14.7 Å². The molecule has 1 fully saturated rings. The van der Waals surface area contributed by atoms with Crippen molar-refractivity contribution >= 4 is 39.0 Å². The zero-order chi connectivity index (χ0) is 18.7. The van der Waals surface area contributed by atoms with Crippen LogP contribution in [0.4, 0.5) is 8.78 Å². The highest BCUT2D eigenvalue weighted by molar-refractivity contribution is 9.11. The number of piperazine rings is 1. The molecule has 140 valence electrons. The Labute approximate surface area is 163 Å². The maximum atomic E-state index is 13.9. The molecule has 26 heavy (non-hydrogen) atoms. The SMILES string of the molecule is O=C(CCN1CCN(C(=O)C2C(F)=CC=CC2F)CC1)c1ccc(Br)s1. The fourth-order valence-electron chi connectivity index (χ4n) is 3.11. The van der Waals surface area contributed by atoms with E-state index >= 15 is 0 Å². The monoisotopic (exact) mass is 444 g/mol. The highest BCUT2D eigenvalue weighted by Crippen LogP contribution is 2.27. The van der Waals surface area contributed by atoms with Gasteiger partial charge in [0.25, 0.3) is 0 Å². The van der Waals surface area contributed by atoms with Crippen molar-refractivity contribution in [2.75, 3.05) is 32.7 Å². The molecule has 1 aromatic rings. The number of Topliss-reactive ketones (excluding diaryl/α,β-unsaturated/α-hetero) is 1. The summed E-state index contributed by atoms with van der Waals surface area (Å²) in [6.45, 7) is 2.63. The molecule has 1 aliphatic carbocycles. The summed E-state index contributed by atoms with van der Waals surface area (Å²) in [4.78, 5) is 28.9. The smallest absolute Gasteiger partial charge is 0.235 e. The van der Waals surface area contributed by atoms with Crippen LogP contribution >= 0.6 is 27.3 Å². The lowest BCUT2D eigenvalue weighted by atomic mass is 9.95. The van der Waals surface area contributed by atoms with E-state index < -0.39 is 23.8 Å². The highest BCUT2D eigenvalue weighted by Gasteiger charge is 2.36. The number of allylic oxidation sites excluding steroid dienone is 3. The van der Waals surface area contributed by atoms with Crippen molar-refractivity contribution in [2.24, 2.45) is 5.92 Å². The number of halogens is 3. The Morgan fingerprint density at radius 2 is 1.96 bits per heavy atom. The van der Waals surface area contributed by atoms with Crippen molar-refractivity contribution in [2.45, 2.75) is 12.6 Å². The van der Waals surface area contributed by atoms with E-state index in [-0.39, 0.29) is 5.78 Å². The van der Waals surface area contributed by atoms with Gasteiger partial charge < -0.3 is 4.90 Å². The molecule has 8 heteroatoms. The van der Waals surface area contributed by atoms with Gasteiger partial charge in [-0.3, -0.25) is 14.5 Å². The van der Waals surface area contributed by atoms with Crippen molar-refractivity contribution in [3.05, 3.63) is 44.9 Å². The third kappa shape index (κ3) is 4.47. The Morgan fingerprint density at radius 3 is 2.58 bits per heavy atom. The summed E-state index contributed by atoms with van der Waals surface area (Å²) in [6, 6.07) is 3.66. The first kappa shape index (κ1) is 19.4. The number of carbonyl (C=O) groups is 2. The first-order chi connectivity index (χ1) is 12.5. The summed E-state index contributed by atoms with van der Waals surface area (Å²) in [5, 5.41) is 0. The summed E-state index contributed by atoms with van der Waals surface area (Å²) in [7, 11) is 0. The molecule has 2 aliphatic rings. The molecule has 3 rings (SSSR count). The second-order valence-corrected chi connectivity index (χ2v) is 8.77. The summed E-state index contributed by atoms with van der Waals surface area (Å²) in [5.74, 6) is -2.49. The third-order valence-corrected chi connectivity index (χ3v) is 6.28. The topological polar surface area (TPSA) is 40.6 Å². The van der Waals surface area contributed by atoms with E-state index in [1.807, 2.05) is 12.1 Å². The van der Waals surface area contributed by atoms with Crippen molar-refractivity contribution in [1.29, 1.82) is 0 Å². The third-order valence-electron chi connectivity index (χ3n) is 4.62. The Balaban J connectivity index is 1.47. The quantitative estimate of drug-likeness (QED) is 0.651. The molecule has 0 radical (unpaired) electrons. The minimum Gasteiger partial charge on any atom is -0.339 e. The van der Waals surface area contributed by atoms with Gasteiger partial charge in [-0.25, -0.2) is 8.78 Å². The van der Waals surface area contributed by atoms with E-state index in [1.165, 1.54) is 28.4 Å². The number of rotatable bonds is 5. The Kier molecular flexibility index (Phi) is 6.37. The first-order valence-electron chi connectivity index (χ1n) is 8.43. The summed E-state index contributed by atoms with van der Waals surface area (Å²) in [5.41, 5.74) is 0. The first-order valence-corrected chi connectivity index (χ1v) is 10.0. The van der Waals surface area contributed by atoms with Crippen molar-refractivity contribution < 1.29 is 18.4 Å². The van der Waals surface area contributed by atoms with Crippen molar-refractivity contribution in [3.63, 3.8) is 0 Å². The molecule has 0 saturated carbocycles. The summed E-state index contributed by atoms with van der Waals surface area (Å²) >= 11 is 4.76. The van der Waals surface area contributed by atoms with Crippen LogP contribution in [0.15, 0.2) is 40.0 Å². The van der Waals surface area contributed by atoms with Crippen LogP contribution in [-0.4, -0.2) is 60.4 Å². The van der Waals surface area contributed by atoms with Crippen LogP contribution in [0.3, 0.4) is 0 Å². The van der Waals surface area contributed by atoms with Gasteiger partial charge in [0.1, 0.15) is 17.9 Å². The number of nitrogens with zero attached hydrogens (tertiary/aromatic N) is 2. The van der Waals surface area contributed by atoms with Crippen molar-refractivity contribution in [3.8, 4) is 0 Å². The van der Waals surface area contributed by atoms with E-state index in [4.69, 9.17) is 0 Å². The fraction of sp³-hybridized carbons (Fsp3) is 0.444. The van der Waals surface area contributed by atoms with Gasteiger partial charge in [0.2, 0.25) is 5.91 Å². The zero-order valence-corrected chi connectivity index (χ0v) is 16.4. The second kappa shape index (κ2) is 8.54. The average Bonchev–Trinajstić information content (AvgIpc) is 3.06. The molecule has 0 N–H and O–H groups in total. The molecule has 1 saturated heterocycles. The van der Waals surface area contributed by atoms with Crippen LogP contribution in [0.1, 0.15) is 16.1 Å². The van der Waals surface area contributed by atoms with Crippen LogP contribution in [0.2, 0.25) is 0 Å². The molecule has 1 aromatic heterocycles. The molecule has 0 aromatic carbocycles. The number of carbonyl (C=O) groups excluding carboxylic acids is 2. The van der Waals surface area contributed by atoms with Gasteiger partial charge in [-0.05, 0) is 40.2 Å². The molecular formula is C18H19BrF2N2O2S. The Hall–Kier alpha value is -1.38. The Morgan fingerprint density at radius 1 is 1.23 bits per heavy atom. The summed E-state index contributed by atoms with van der Waals surface area (Å²) in [6.07, 6.45) is 2.44. The largest absolute Gasteiger partial charge is 0.339 e. The summed E-state index contributed by atoms with van der Waals surface area (Å²) < 4.78 is 28.6. The molecule has 1 aliphatic heterocycles. The van der Waals surface area contributed by atoms with E-state index in [2.05, 4.69) is 20.8 Å². The normalized spacial score (nSPS) is 23.8.